The first kappa shape index (κ1) is 16.0. The van der Waals surface area contributed by atoms with Crippen molar-refractivity contribution in [2.75, 3.05) is 0 Å². The van der Waals surface area contributed by atoms with Crippen LogP contribution in [0, 0.1) is 5.82 Å². The maximum atomic E-state index is 13.2. The zero-order chi connectivity index (χ0) is 16.5. The number of carboxylic acids is 1. The highest BCUT2D eigenvalue weighted by Gasteiger charge is 2.34. The van der Waals surface area contributed by atoms with E-state index in [4.69, 9.17) is 15.3 Å². The summed E-state index contributed by atoms with van der Waals surface area (Å²) in [6, 6.07) is 4.26. The highest BCUT2D eigenvalue weighted by Crippen LogP contribution is 2.35. The Morgan fingerprint density at radius 1 is 1.27 bits per heavy atom. The summed E-state index contributed by atoms with van der Waals surface area (Å²) in [4.78, 5) is 10.6. The van der Waals surface area contributed by atoms with Gasteiger partial charge in [-0.25, -0.2) is 4.39 Å². The van der Waals surface area contributed by atoms with Gasteiger partial charge in [-0.15, -0.1) is 0 Å². The van der Waals surface area contributed by atoms with Crippen molar-refractivity contribution in [2.24, 2.45) is 5.73 Å². The molecule has 0 aliphatic rings. The first-order valence-corrected chi connectivity index (χ1v) is 6.12. The summed E-state index contributed by atoms with van der Waals surface area (Å²) in [6.45, 7) is 0. The average Bonchev–Trinajstić information content (AvgIpc) is 2.86. The molecule has 1 aromatic carbocycles. The summed E-state index contributed by atoms with van der Waals surface area (Å²) < 4.78 is 56.5. The Hall–Kier alpha value is -2.35. The molecular formula is C14H11F4NO3. The Morgan fingerprint density at radius 2 is 1.95 bits per heavy atom. The molecule has 1 aromatic heterocycles. The van der Waals surface area contributed by atoms with E-state index < -0.39 is 29.6 Å². The number of hydrogen-bond acceptors (Lipinski definition) is 3. The van der Waals surface area contributed by atoms with Crippen molar-refractivity contribution in [3.05, 3.63) is 47.5 Å². The number of carbonyl (C=O) groups is 1. The number of aliphatic carboxylic acids is 1. The Balaban J connectivity index is 2.34. The average molecular weight is 317 g/mol. The fourth-order valence-corrected chi connectivity index (χ4v) is 1.89. The van der Waals surface area contributed by atoms with E-state index in [1.807, 2.05) is 0 Å². The standard InChI is InChI=1S/C14H11F4NO3/c15-9-2-1-7(5-8(9)14(16,17)18)11-3-4-12(22-11)10(19)6-13(20)21/h1-5,10H,6,19H2,(H,20,21). The van der Waals surface area contributed by atoms with E-state index in [9.17, 15) is 22.4 Å². The van der Waals surface area contributed by atoms with Crippen LogP contribution in [0.1, 0.15) is 23.8 Å². The van der Waals surface area contributed by atoms with Gasteiger partial charge in [0.2, 0.25) is 0 Å². The van der Waals surface area contributed by atoms with Crippen LogP contribution >= 0.6 is 0 Å². The number of carboxylic acid groups (broad SMARTS) is 1. The molecule has 0 bridgehead atoms. The van der Waals surface area contributed by atoms with Crippen LogP contribution in [0.4, 0.5) is 17.6 Å². The van der Waals surface area contributed by atoms with Gasteiger partial charge >= 0.3 is 12.1 Å². The fourth-order valence-electron chi connectivity index (χ4n) is 1.89. The van der Waals surface area contributed by atoms with E-state index >= 15 is 0 Å². The number of alkyl halides is 3. The Bertz CT molecular complexity index is 694. The molecule has 2 rings (SSSR count). The third kappa shape index (κ3) is 3.45. The van der Waals surface area contributed by atoms with E-state index in [2.05, 4.69) is 0 Å². The van der Waals surface area contributed by atoms with E-state index in [-0.39, 0.29) is 23.5 Å². The molecule has 118 valence electrons. The van der Waals surface area contributed by atoms with Crippen molar-refractivity contribution >= 4 is 5.97 Å². The van der Waals surface area contributed by atoms with Crippen molar-refractivity contribution in [1.82, 2.24) is 0 Å². The maximum absolute atomic E-state index is 13.2. The van der Waals surface area contributed by atoms with Crippen molar-refractivity contribution in [3.63, 3.8) is 0 Å². The Morgan fingerprint density at radius 3 is 2.55 bits per heavy atom. The number of furan rings is 1. The minimum atomic E-state index is -4.82. The molecule has 1 atom stereocenters. The van der Waals surface area contributed by atoms with Gasteiger partial charge in [0.25, 0.3) is 0 Å². The molecule has 0 spiro atoms. The number of benzene rings is 1. The van der Waals surface area contributed by atoms with Crippen LogP contribution in [0.25, 0.3) is 11.3 Å². The highest BCUT2D eigenvalue weighted by molar-refractivity contribution is 5.68. The number of halogens is 4. The van der Waals surface area contributed by atoms with Gasteiger partial charge in [0.05, 0.1) is 18.0 Å². The lowest BCUT2D eigenvalue weighted by atomic mass is 10.1. The van der Waals surface area contributed by atoms with Gasteiger partial charge in [0, 0.05) is 5.56 Å². The molecular weight excluding hydrogens is 306 g/mol. The van der Waals surface area contributed by atoms with Crippen LogP contribution in [0.3, 0.4) is 0 Å². The molecule has 2 aromatic rings. The summed E-state index contributed by atoms with van der Waals surface area (Å²) in [5.74, 6) is -2.35. The van der Waals surface area contributed by atoms with Gasteiger partial charge in [-0.1, -0.05) is 0 Å². The van der Waals surface area contributed by atoms with Gasteiger partial charge in [-0.3, -0.25) is 4.79 Å². The highest BCUT2D eigenvalue weighted by atomic mass is 19.4. The van der Waals surface area contributed by atoms with Crippen molar-refractivity contribution < 1.29 is 31.9 Å². The molecule has 1 unspecified atom stereocenters. The molecule has 0 fully saturated rings. The molecule has 1 heterocycles. The number of hydrogen-bond donors (Lipinski definition) is 2. The molecule has 0 aliphatic heterocycles. The Kier molecular flexibility index (Phi) is 4.23. The lowest BCUT2D eigenvalue weighted by molar-refractivity contribution is -0.140. The molecule has 0 radical (unpaired) electrons. The SMILES string of the molecule is NC(CC(=O)O)c1ccc(-c2ccc(F)c(C(F)(F)F)c2)o1. The lowest BCUT2D eigenvalue weighted by Crippen LogP contribution is -2.14. The van der Waals surface area contributed by atoms with Crippen LogP contribution in [0.2, 0.25) is 0 Å². The number of rotatable bonds is 4. The molecule has 0 saturated heterocycles. The molecule has 0 saturated carbocycles. The first-order valence-electron chi connectivity index (χ1n) is 6.12. The van der Waals surface area contributed by atoms with Crippen molar-refractivity contribution in [2.45, 2.75) is 18.6 Å². The second-order valence-corrected chi connectivity index (χ2v) is 4.60. The van der Waals surface area contributed by atoms with Crippen molar-refractivity contribution in [1.29, 1.82) is 0 Å². The summed E-state index contributed by atoms with van der Waals surface area (Å²) in [5.41, 5.74) is 4.21. The van der Waals surface area contributed by atoms with Crippen LogP contribution in [-0.2, 0) is 11.0 Å². The van der Waals surface area contributed by atoms with Crippen LogP contribution in [0.5, 0.6) is 0 Å². The molecule has 0 amide bonds. The van der Waals surface area contributed by atoms with Gasteiger partial charge in [0.15, 0.2) is 0 Å². The smallest absolute Gasteiger partial charge is 0.419 e. The van der Waals surface area contributed by atoms with Crippen LogP contribution < -0.4 is 5.73 Å². The van der Waals surface area contributed by atoms with Crippen LogP contribution in [0.15, 0.2) is 34.7 Å². The van der Waals surface area contributed by atoms with E-state index in [1.165, 1.54) is 12.1 Å². The monoisotopic (exact) mass is 317 g/mol. The predicted octanol–water partition coefficient (Wildman–Crippen LogP) is 3.58. The van der Waals surface area contributed by atoms with Crippen molar-refractivity contribution in [3.8, 4) is 11.3 Å². The minimum absolute atomic E-state index is 0.0162. The minimum Gasteiger partial charge on any atom is -0.481 e. The third-order valence-corrected chi connectivity index (χ3v) is 2.94. The molecule has 22 heavy (non-hydrogen) atoms. The molecule has 8 heteroatoms. The molecule has 0 aliphatic carbocycles. The fraction of sp³-hybridized carbons (Fsp3) is 0.214. The van der Waals surface area contributed by atoms with Gasteiger partial charge < -0.3 is 15.3 Å². The van der Waals surface area contributed by atoms with Crippen LogP contribution in [-0.4, -0.2) is 11.1 Å². The summed E-state index contributed by atoms with van der Waals surface area (Å²) in [6.07, 6.45) is -5.21. The topological polar surface area (TPSA) is 76.5 Å². The summed E-state index contributed by atoms with van der Waals surface area (Å²) in [7, 11) is 0. The molecule has 4 nitrogen and oxygen atoms in total. The summed E-state index contributed by atoms with van der Waals surface area (Å²) >= 11 is 0. The second kappa shape index (κ2) is 5.80. The predicted molar refractivity (Wildman–Crippen MR) is 68.3 cm³/mol. The third-order valence-electron chi connectivity index (χ3n) is 2.94. The quantitative estimate of drug-likeness (QED) is 0.845. The van der Waals surface area contributed by atoms with Gasteiger partial charge in [0.1, 0.15) is 17.3 Å². The summed E-state index contributed by atoms with van der Waals surface area (Å²) in [5, 5.41) is 8.64. The zero-order valence-corrected chi connectivity index (χ0v) is 11.0. The van der Waals surface area contributed by atoms with E-state index in [1.54, 1.807) is 0 Å². The second-order valence-electron chi connectivity index (χ2n) is 4.60. The largest absolute Gasteiger partial charge is 0.481 e. The molecule has 3 N–H and O–H groups in total. The normalized spacial score (nSPS) is 13.1. The van der Waals surface area contributed by atoms with Gasteiger partial charge in [-0.05, 0) is 30.3 Å². The first-order chi connectivity index (χ1) is 10.2. The zero-order valence-electron chi connectivity index (χ0n) is 11.0. The number of nitrogens with two attached hydrogens (primary N) is 1. The van der Waals surface area contributed by atoms with E-state index in [0.29, 0.717) is 12.1 Å². The Labute approximate surface area is 122 Å². The van der Waals surface area contributed by atoms with E-state index in [0.717, 1.165) is 6.07 Å². The maximum Gasteiger partial charge on any atom is 0.419 e. The van der Waals surface area contributed by atoms with Gasteiger partial charge in [-0.2, -0.15) is 13.2 Å². The lowest BCUT2D eigenvalue weighted by Gasteiger charge is -2.09.